The highest BCUT2D eigenvalue weighted by molar-refractivity contribution is 9.10. The van der Waals surface area contributed by atoms with E-state index in [9.17, 15) is 14.9 Å². The fourth-order valence-corrected chi connectivity index (χ4v) is 1.78. The number of hydrogen-bond acceptors (Lipinski definition) is 7. The van der Waals surface area contributed by atoms with Gasteiger partial charge in [0.15, 0.2) is 11.5 Å². The molecular formula is C8H7BrN6O4. The molecule has 2 aromatic heterocycles. The Morgan fingerprint density at radius 2 is 2.42 bits per heavy atom. The van der Waals surface area contributed by atoms with Gasteiger partial charge in [-0.3, -0.25) is 10.2 Å². The molecule has 0 spiro atoms. The lowest BCUT2D eigenvalue weighted by Gasteiger charge is -1.90. The first-order chi connectivity index (χ1) is 9.01. The molecule has 0 saturated heterocycles. The topological polar surface area (TPSA) is 142 Å². The van der Waals surface area contributed by atoms with E-state index in [-0.39, 0.29) is 22.5 Å². The number of nitrogens with two attached hydrogens (primary N) is 1. The van der Waals surface area contributed by atoms with Gasteiger partial charge in [-0.25, -0.2) is 5.84 Å². The zero-order valence-corrected chi connectivity index (χ0v) is 10.8. The van der Waals surface area contributed by atoms with E-state index < -0.39 is 10.8 Å². The maximum atomic E-state index is 11.1. The summed E-state index contributed by atoms with van der Waals surface area (Å²) in [5.74, 6) is 4.35. The fraction of sp³-hybridized carbons (Fsp3) is 0.125. The molecule has 0 aliphatic rings. The van der Waals surface area contributed by atoms with Gasteiger partial charge in [-0.1, -0.05) is 5.16 Å². The smallest absolute Gasteiger partial charge is 0.359 e. The van der Waals surface area contributed by atoms with Crippen LogP contribution in [-0.4, -0.2) is 25.8 Å². The predicted octanol–water partition coefficient (Wildman–Crippen LogP) is 0.194. The third kappa shape index (κ3) is 2.77. The molecule has 0 radical (unpaired) electrons. The first kappa shape index (κ1) is 13.2. The van der Waals surface area contributed by atoms with Crippen LogP contribution < -0.4 is 11.3 Å². The van der Waals surface area contributed by atoms with Crippen LogP contribution in [0.25, 0.3) is 0 Å². The average molecular weight is 331 g/mol. The van der Waals surface area contributed by atoms with E-state index in [1.54, 1.807) is 0 Å². The minimum Gasteiger partial charge on any atom is -0.359 e. The second-order valence-electron chi connectivity index (χ2n) is 3.41. The highest BCUT2D eigenvalue weighted by atomic mass is 79.9. The molecular weight excluding hydrogens is 324 g/mol. The number of nitrogens with one attached hydrogen (secondary N) is 1. The maximum Gasteiger partial charge on any atom is 0.404 e. The normalized spacial score (nSPS) is 10.4. The Morgan fingerprint density at radius 3 is 3.00 bits per heavy atom. The summed E-state index contributed by atoms with van der Waals surface area (Å²) in [6.07, 6.45) is 1.42. The predicted molar refractivity (Wildman–Crippen MR) is 63.8 cm³/mol. The van der Waals surface area contributed by atoms with E-state index in [1.165, 1.54) is 16.9 Å². The van der Waals surface area contributed by atoms with Gasteiger partial charge >= 0.3 is 5.82 Å². The van der Waals surface area contributed by atoms with E-state index in [2.05, 4.69) is 26.2 Å². The number of hydrazine groups is 1. The Morgan fingerprint density at radius 1 is 1.68 bits per heavy atom. The third-order valence-corrected chi connectivity index (χ3v) is 2.67. The van der Waals surface area contributed by atoms with Crippen molar-refractivity contribution in [3.8, 4) is 0 Å². The molecule has 2 heterocycles. The number of amides is 1. The number of nitrogen functional groups attached to an aromatic ring is 1. The van der Waals surface area contributed by atoms with Crippen LogP contribution in [0.15, 0.2) is 21.3 Å². The number of nitro groups is 1. The van der Waals surface area contributed by atoms with Crippen molar-refractivity contribution >= 4 is 27.7 Å². The molecule has 10 nitrogen and oxygen atoms in total. The largest absolute Gasteiger partial charge is 0.404 e. The maximum absolute atomic E-state index is 11.1. The van der Waals surface area contributed by atoms with Crippen LogP contribution in [0, 0.1) is 10.1 Å². The highest BCUT2D eigenvalue weighted by Crippen LogP contribution is 2.22. The molecule has 0 bridgehead atoms. The Kier molecular flexibility index (Phi) is 3.57. The van der Waals surface area contributed by atoms with Crippen LogP contribution in [0.4, 0.5) is 5.82 Å². The van der Waals surface area contributed by atoms with Gasteiger partial charge in [0.1, 0.15) is 11.0 Å². The van der Waals surface area contributed by atoms with Gasteiger partial charge in [0.25, 0.3) is 5.91 Å². The van der Waals surface area contributed by atoms with Gasteiger partial charge < -0.3 is 14.6 Å². The van der Waals surface area contributed by atoms with E-state index in [0.717, 1.165) is 0 Å². The molecule has 3 N–H and O–H groups in total. The molecule has 0 atom stereocenters. The standard InChI is InChI=1S/C8H7BrN6O4/c9-5-3-14(12-7(5)15(17)18)2-4-1-6(13-19-4)8(16)11-10/h1,3H,2,10H2,(H,11,16). The fourth-order valence-electron chi connectivity index (χ4n) is 1.32. The molecule has 0 aliphatic carbocycles. The van der Waals surface area contributed by atoms with Crippen molar-refractivity contribution in [2.45, 2.75) is 6.54 Å². The van der Waals surface area contributed by atoms with Crippen molar-refractivity contribution in [2.75, 3.05) is 0 Å². The number of rotatable bonds is 4. The molecule has 0 unspecified atom stereocenters. The second kappa shape index (κ2) is 5.16. The molecule has 2 rings (SSSR count). The lowest BCUT2D eigenvalue weighted by atomic mass is 10.3. The summed E-state index contributed by atoms with van der Waals surface area (Å²) in [5, 5.41) is 17.8. The summed E-state index contributed by atoms with van der Waals surface area (Å²) in [6.45, 7) is 0.0945. The molecule has 0 aliphatic heterocycles. The number of nitrogens with zero attached hydrogens (tertiary/aromatic N) is 4. The number of carbonyl (C=O) groups excluding carboxylic acids is 1. The minimum absolute atomic E-state index is 0.0122. The summed E-state index contributed by atoms with van der Waals surface area (Å²) < 4.78 is 6.42. The molecule has 2 aromatic rings. The zero-order valence-electron chi connectivity index (χ0n) is 9.24. The Balaban J connectivity index is 2.17. The van der Waals surface area contributed by atoms with Crippen molar-refractivity contribution in [2.24, 2.45) is 5.84 Å². The lowest BCUT2D eigenvalue weighted by molar-refractivity contribution is -0.390. The summed E-state index contributed by atoms with van der Waals surface area (Å²) in [7, 11) is 0. The quantitative estimate of drug-likeness (QED) is 0.352. The summed E-state index contributed by atoms with van der Waals surface area (Å²) in [4.78, 5) is 21.1. The van der Waals surface area contributed by atoms with Gasteiger partial charge in [0.2, 0.25) is 0 Å². The Labute approximate surface area is 113 Å². The van der Waals surface area contributed by atoms with E-state index in [1.807, 2.05) is 5.43 Å². The monoisotopic (exact) mass is 330 g/mol. The lowest BCUT2D eigenvalue weighted by Crippen LogP contribution is -2.30. The molecule has 1 amide bonds. The third-order valence-electron chi connectivity index (χ3n) is 2.11. The van der Waals surface area contributed by atoms with Crippen molar-refractivity contribution in [1.29, 1.82) is 0 Å². The highest BCUT2D eigenvalue weighted by Gasteiger charge is 2.20. The summed E-state index contributed by atoms with van der Waals surface area (Å²) >= 11 is 3.02. The molecule has 0 saturated carbocycles. The van der Waals surface area contributed by atoms with Crippen molar-refractivity contribution in [1.82, 2.24) is 20.4 Å². The van der Waals surface area contributed by atoms with Gasteiger partial charge in [0, 0.05) is 6.07 Å². The van der Waals surface area contributed by atoms with E-state index >= 15 is 0 Å². The first-order valence-electron chi connectivity index (χ1n) is 4.85. The van der Waals surface area contributed by atoms with Gasteiger partial charge in [-0.15, -0.1) is 0 Å². The van der Waals surface area contributed by atoms with Gasteiger partial charge in [-0.05, 0) is 20.9 Å². The molecule has 0 aromatic carbocycles. The van der Waals surface area contributed by atoms with E-state index in [0.29, 0.717) is 5.76 Å². The minimum atomic E-state index is -0.617. The molecule has 11 heteroatoms. The molecule has 0 fully saturated rings. The Bertz CT molecular complexity index is 635. The molecule has 19 heavy (non-hydrogen) atoms. The van der Waals surface area contributed by atoms with Gasteiger partial charge in [0.05, 0.1) is 11.3 Å². The van der Waals surface area contributed by atoms with Crippen LogP contribution in [0.5, 0.6) is 0 Å². The number of carbonyl (C=O) groups is 1. The van der Waals surface area contributed by atoms with E-state index in [4.69, 9.17) is 10.4 Å². The molecule has 100 valence electrons. The second-order valence-corrected chi connectivity index (χ2v) is 4.26. The number of aromatic nitrogens is 3. The average Bonchev–Trinajstić information content (AvgIpc) is 2.95. The van der Waals surface area contributed by atoms with Crippen molar-refractivity contribution < 1.29 is 14.2 Å². The van der Waals surface area contributed by atoms with Crippen LogP contribution in [0.2, 0.25) is 0 Å². The van der Waals surface area contributed by atoms with Crippen LogP contribution in [-0.2, 0) is 6.54 Å². The van der Waals surface area contributed by atoms with Crippen LogP contribution in [0.1, 0.15) is 16.2 Å². The summed E-state index contributed by atoms with van der Waals surface area (Å²) in [6, 6.07) is 1.36. The Hall–Kier alpha value is -2.27. The van der Waals surface area contributed by atoms with Crippen molar-refractivity contribution in [3.05, 3.63) is 38.3 Å². The zero-order chi connectivity index (χ0) is 14.0. The van der Waals surface area contributed by atoms with Crippen LogP contribution >= 0.6 is 15.9 Å². The SMILES string of the molecule is NNC(=O)c1cc(Cn2cc(Br)c([N+](=O)[O-])n2)on1. The number of hydrogen-bond donors (Lipinski definition) is 2. The van der Waals surface area contributed by atoms with Crippen LogP contribution in [0.3, 0.4) is 0 Å². The first-order valence-corrected chi connectivity index (χ1v) is 5.64. The number of halogens is 1. The van der Waals surface area contributed by atoms with Crippen molar-refractivity contribution in [3.63, 3.8) is 0 Å². The van der Waals surface area contributed by atoms with Gasteiger partial charge in [-0.2, -0.15) is 4.68 Å². The summed E-state index contributed by atoms with van der Waals surface area (Å²) in [5.41, 5.74) is 1.92.